The zero-order chi connectivity index (χ0) is 15.1. The fourth-order valence-electron chi connectivity index (χ4n) is 2.38. The van der Waals surface area contributed by atoms with E-state index in [2.05, 4.69) is 55.4 Å². The standard InChI is InChI=1S/C18H30N2O/c1-15(2)12-19-13-17-6-4-5-7-18(17)20(3)10-11-21-14-16-8-9-16/h4-7,15-16,19H,8-14H2,1-3H3. The summed E-state index contributed by atoms with van der Waals surface area (Å²) in [5.41, 5.74) is 2.67. The van der Waals surface area contributed by atoms with Gasteiger partial charge in [-0.05, 0) is 42.9 Å². The van der Waals surface area contributed by atoms with E-state index in [-0.39, 0.29) is 0 Å². The summed E-state index contributed by atoms with van der Waals surface area (Å²) in [6.07, 6.45) is 2.72. The minimum atomic E-state index is 0.686. The van der Waals surface area contributed by atoms with Crippen molar-refractivity contribution in [3.8, 4) is 0 Å². The molecule has 3 heteroatoms. The fraction of sp³-hybridized carbons (Fsp3) is 0.667. The quantitative estimate of drug-likeness (QED) is 0.669. The molecule has 0 atom stereocenters. The molecule has 0 amide bonds. The number of hydrogen-bond acceptors (Lipinski definition) is 3. The smallest absolute Gasteiger partial charge is 0.0641 e. The van der Waals surface area contributed by atoms with E-state index < -0.39 is 0 Å². The van der Waals surface area contributed by atoms with Crippen LogP contribution in [0.3, 0.4) is 0 Å². The molecule has 3 nitrogen and oxygen atoms in total. The SMILES string of the molecule is CC(C)CNCc1ccccc1N(C)CCOCC1CC1. The second kappa shape index (κ2) is 8.40. The molecule has 1 aliphatic rings. The summed E-state index contributed by atoms with van der Waals surface area (Å²) in [6, 6.07) is 8.65. The molecule has 1 aromatic rings. The number of benzene rings is 1. The Balaban J connectivity index is 1.78. The normalized spacial score (nSPS) is 14.7. The Hall–Kier alpha value is -1.06. The Labute approximate surface area is 129 Å². The molecule has 0 unspecified atom stereocenters. The van der Waals surface area contributed by atoms with Crippen molar-refractivity contribution in [2.24, 2.45) is 11.8 Å². The van der Waals surface area contributed by atoms with Crippen LogP contribution in [0.5, 0.6) is 0 Å². The molecule has 1 N–H and O–H groups in total. The van der Waals surface area contributed by atoms with Gasteiger partial charge >= 0.3 is 0 Å². The first-order chi connectivity index (χ1) is 10.2. The van der Waals surface area contributed by atoms with E-state index in [4.69, 9.17) is 4.74 Å². The Morgan fingerprint density at radius 2 is 2.05 bits per heavy atom. The summed E-state index contributed by atoms with van der Waals surface area (Å²) in [5.74, 6) is 1.54. The molecule has 0 bridgehead atoms. The van der Waals surface area contributed by atoms with Gasteiger partial charge in [-0.15, -0.1) is 0 Å². The molecular formula is C18H30N2O. The largest absolute Gasteiger partial charge is 0.379 e. The van der Waals surface area contributed by atoms with Crippen LogP contribution in [0.25, 0.3) is 0 Å². The minimum Gasteiger partial charge on any atom is -0.379 e. The van der Waals surface area contributed by atoms with Gasteiger partial charge in [0.05, 0.1) is 6.61 Å². The Kier molecular flexibility index (Phi) is 6.52. The van der Waals surface area contributed by atoms with Crippen LogP contribution in [0.2, 0.25) is 0 Å². The first-order valence-electron chi connectivity index (χ1n) is 8.24. The topological polar surface area (TPSA) is 24.5 Å². The molecule has 0 aromatic heterocycles. The van der Waals surface area contributed by atoms with Gasteiger partial charge in [0.2, 0.25) is 0 Å². The second-order valence-corrected chi connectivity index (χ2v) is 6.59. The molecule has 0 aliphatic heterocycles. The van der Waals surface area contributed by atoms with Crippen LogP contribution in [-0.4, -0.2) is 33.4 Å². The van der Waals surface area contributed by atoms with Gasteiger partial charge in [0, 0.05) is 32.4 Å². The zero-order valence-electron chi connectivity index (χ0n) is 13.8. The average molecular weight is 290 g/mol. The highest BCUT2D eigenvalue weighted by Crippen LogP contribution is 2.28. The molecule has 1 aromatic carbocycles. The van der Waals surface area contributed by atoms with E-state index in [1.54, 1.807) is 0 Å². The third-order valence-corrected chi connectivity index (χ3v) is 3.89. The lowest BCUT2D eigenvalue weighted by Gasteiger charge is -2.23. The number of ether oxygens (including phenoxy) is 1. The third-order valence-electron chi connectivity index (χ3n) is 3.89. The van der Waals surface area contributed by atoms with E-state index in [1.807, 2.05) is 0 Å². The molecule has 1 fully saturated rings. The van der Waals surface area contributed by atoms with Crippen LogP contribution in [0, 0.1) is 11.8 Å². The van der Waals surface area contributed by atoms with Crippen molar-refractivity contribution in [1.29, 1.82) is 0 Å². The zero-order valence-corrected chi connectivity index (χ0v) is 13.8. The maximum Gasteiger partial charge on any atom is 0.0641 e. The van der Waals surface area contributed by atoms with E-state index in [0.717, 1.165) is 38.8 Å². The molecule has 0 radical (unpaired) electrons. The number of anilines is 1. The van der Waals surface area contributed by atoms with E-state index in [1.165, 1.54) is 24.1 Å². The number of likely N-dealkylation sites (N-methyl/N-ethyl adjacent to an activating group) is 1. The third kappa shape index (κ3) is 6.06. The number of rotatable bonds is 10. The van der Waals surface area contributed by atoms with Crippen molar-refractivity contribution in [2.75, 3.05) is 38.3 Å². The Morgan fingerprint density at radius 1 is 1.29 bits per heavy atom. The highest BCUT2D eigenvalue weighted by molar-refractivity contribution is 5.53. The summed E-state index contributed by atoms with van der Waals surface area (Å²) in [4.78, 5) is 2.30. The first-order valence-corrected chi connectivity index (χ1v) is 8.24. The van der Waals surface area contributed by atoms with Crippen molar-refractivity contribution < 1.29 is 4.74 Å². The molecule has 2 rings (SSSR count). The van der Waals surface area contributed by atoms with Gasteiger partial charge in [0.1, 0.15) is 0 Å². The molecule has 21 heavy (non-hydrogen) atoms. The van der Waals surface area contributed by atoms with Gasteiger partial charge in [-0.25, -0.2) is 0 Å². The molecule has 1 saturated carbocycles. The van der Waals surface area contributed by atoms with Gasteiger partial charge in [0.15, 0.2) is 0 Å². The van der Waals surface area contributed by atoms with Gasteiger partial charge in [0.25, 0.3) is 0 Å². The summed E-state index contributed by atoms with van der Waals surface area (Å²) >= 11 is 0. The summed E-state index contributed by atoms with van der Waals surface area (Å²) in [7, 11) is 2.15. The molecule has 0 saturated heterocycles. The van der Waals surface area contributed by atoms with Gasteiger partial charge in [-0.3, -0.25) is 0 Å². The van der Waals surface area contributed by atoms with Crippen molar-refractivity contribution >= 4 is 5.69 Å². The van der Waals surface area contributed by atoms with Crippen molar-refractivity contribution in [1.82, 2.24) is 5.32 Å². The highest BCUT2D eigenvalue weighted by atomic mass is 16.5. The Morgan fingerprint density at radius 3 is 2.76 bits per heavy atom. The van der Waals surface area contributed by atoms with Gasteiger partial charge in [-0.2, -0.15) is 0 Å². The summed E-state index contributed by atoms with van der Waals surface area (Å²) < 4.78 is 5.74. The lowest BCUT2D eigenvalue weighted by molar-refractivity contribution is 0.131. The van der Waals surface area contributed by atoms with Crippen LogP contribution >= 0.6 is 0 Å². The van der Waals surface area contributed by atoms with E-state index in [9.17, 15) is 0 Å². The molecule has 0 spiro atoms. The maximum atomic E-state index is 5.74. The number of nitrogens with zero attached hydrogens (tertiary/aromatic N) is 1. The first kappa shape index (κ1) is 16.3. The molecule has 118 valence electrons. The Bertz CT molecular complexity index is 415. The van der Waals surface area contributed by atoms with Crippen LogP contribution in [0.15, 0.2) is 24.3 Å². The fourth-order valence-corrected chi connectivity index (χ4v) is 2.38. The van der Waals surface area contributed by atoms with Gasteiger partial charge < -0.3 is 15.0 Å². The summed E-state index contributed by atoms with van der Waals surface area (Å²) in [5, 5.41) is 3.53. The molecule has 1 aliphatic carbocycles. The average Bonchev–Trinajstić information content (AvgIpc) is 3.28. The van der Waals surface area contributed by atoms with Crippen LogP contribution in [0.1, 0.15) is 32.3 Å². The lowest BCUT2D eigenvalue weighted by Crippen LogP contribution is -2.26. The van der Waals surface area contributed by atoms with Crippen LogP contribution in [0.4, 0.5) is 5.69 Å². The van der Waals surface area contributed by atoms with Crippen molar-refractivity contribution in [2.45, 2.75) is 33.2 Å². The second-order valence-electron chi connectivity index (χ2n) is 6.59. The summed E-state index contributed by atoms with van der Waals surface area (Å²) in [6.45, 7) is 9.19. The number of nitrogens with one attached hydrogen (secondary N) is 1. The predicted molar refractivity (Wildman–Crippen MR) is 89.8 cm³/mol. The lowest BCUT2D eigenvalue weighted by atomic mass is 10.1. The molecular weight excluding hydrogens is 260 g/mol. The highest BCUT2D eigenvalue weighted by Gasteiger charge is 2.21. The van der Waals surface area contributed by atoms with Crippen molar-refractivity contribution in [3.05, 3.63) is 29.8 Å². The van der Waals surface area contributed by atoms with E-state index >= 15 is 0 Å². The monoisotopic (exact) mass is 290 g/mol. The number of hydrogen-bond donors (Lipinski definition) is 1. The predicted octanol–water partition coefficient (Wildman–Crippen LogP) is 3.30. The number of para-hydroxylation sites is 1. The maximum absolute atomic E-state index is 5.74. The molecule has 0 heterocycles. The van der Waals surface area contributed by atoms with Crippen molar-refractivity contribution in [3.63, 3.8) is 0 Å². The minimum absolute atomic E-state index is 0.686. The van der Waals surface area contributed by atoms with Gasteiger partial charge in [-0.1, -0.05) is 32.0 Å². The van der Waals surface area contributed by atoms with E-state index in [0.29, 0.717) is 5.92 Å². The van der Waals surface area contributed by atoms with Crippen LogP contribution < -0.4 is 10.2 Å². The van der Waals surface area contributed by atoms with Crippen LogP contribution in [-0.2, 0) is 11.3 Å².